The largest absolute Gasteiger partial charge is 3.00 e. The quantitative estimate of drug-likeness (QED) is 0.0342. The molecule has 0 aliphatic rings. The van der Waals surface area contributed by atoms with Gasteiger partial charge in [-0.1, -0.05) is 234 Å². The Hall–Kier alpha value is 1.09. The van der Waals surface area contributed by atoms with Crippen LogP contribution < -0.4 is 14.7 Å². The molecule has 0 aliphatic carbocycles. The molecule has 0 aromatic carbocycles. The minimum atomic E-state index is -3.05. The SMILES string of the molecule is CCCCCCCCP(=O)([O-])CCCCCCCC.CCCCCCCCP(=O)([O-])CCCCCCCC.CCCCCCCCP(=O)([O-])CCCCCCCC.[Fe+3]. The molecule has 0 saturated carbocycles. The third-order valence-electron chi connectivity index (χ3n) is 11.1. The summed E-state index contributed by atoms with van der Waals surface area (Å²) >= 11 is 0. The molecule has 0 rings (SSSR count). The van der Waals surface area contributed by atoms with E-state index in [4.69, 9.17) is 0 Å². The molecule has 0 atom stereocenters. The van der Waals surface area contributed by atoms with Gasteiger partial charge < -0.3 is 28.4 Å². The first-order chi connectivity index (χ1) is 27.4. The molecule has 0 heterocycles. The molecule has 58 heavy (non-hydrogen) atoms. The average molecular weight is 924 g/mol. The summed E-state index contributed by atoms with van der Waals surface area (Å²) in [4.78, 5) is 35.5. The first-order valence-corrected chi connectivity index (χ1v) is 31.2. The summed E-state index contributed by atoms with van der Waals surface area (Å²) in [5.74, 6) is 0. The van der Waals surface area contributed by atoms with E-state index in [-0.39, 0.29) is 17.1 Å². The van der Waals surface area contributed by atoms with Gasteiger partial charge in [0, 0.05) is 22.1 Å². The van der Waals surface area contributed by atoms with Crippen molar-refractivity contribution >= 4 is 22.1 Å². The molecule has 0 spiro atoms. The summed E-state index contributed by atoms with van der Waals surface area (Å²) in [7, 11) is -9.16. The van der Waals surface area contributed by atoms with E-state index >= 15 is 0 Å². The van der Waals surface area contributed by atoms with Gasteiger partial charge in [0.2, 0.25) is 0 Å². The van der Waals surface area contributed by atoms with Gasteiger partial charge in [-0.25, -0.2) is 0 Å². The normalized spacial score (nSPS) is 11.7. The molecular formula is C48H102FeO6P3. The fourth-order valence-corrected chi connectivity index (χ4v) is 12.0. The standard InChI is InChI=1S/3C16H35O2P.Fe/c3*1-3-5-7-9-11-13-15-19(17,18)16-14-12-10-8-6-4-2;/h3*3-16H2,1-2H3,(H,17,18);/q;;;+3/p-3. The van der Waals surface area contributed by atoms with Gasteiger partial charge in [0.15, 0.2) is 0 Å². The monoisotopic (exact) mass is 924 g/mol. The summed E-state index contributed by atoms with van der Waals surface area (Å²) in [6.45, 7) is 13.2. The molecule has 0 amide bonds. The van der Waals surface area contributed by atoms with Crippen LogP contribution in [0, 0.1) is 0 Å². The molecule has 0 bridgehead atoms. The first kappa shape index (κ1) is 65.7. The van der Waals surface area contributed by atoms with Crippen LogP contribution in [-0.2, 0) is 30.8 Å². The summed E-state index contributed by atoms with van der Waals surface area (Å²) in [5.41, 5.74) is 0. The first-order valence-electron chi connectivity index (χ1n) is 25.2. The molecule has 0 N–H and O–H groups in total. The van der Waals surface area contributed by atoms with E-state index in [1.54, 1.807) is 0 Å². The number of unbranched alkanes of at least 4 members (excludes halogenated alkanes) is 30. The fourth-order valence-electron chi connectivity index (χ4n) is 7.13. The smallest absolute Gasteiger partial charge is 0.799 e. The molecule has 1 radical (unpaired) electrons. The fraction of sp³-hybridized carbons (Fsp3) is 1.00. The number of rotatable bonds is 42. The third-order valence-corrected chi connectivity index (χ3v) is 17.1. The second-order valence-electron chi connectivity index (χ2n) is 17.4. The van der Waals surface area contributed by atoms with Crippen molar-refractivity contribution in [1.29, 1.82) is 0 Å². The van der Waals surface area contributed by atoms with Gasteiger partial charge in [0.1, 0.15) is 0 Å². The van der Waals surface area contributed by atoms with E-state index in [1.807, 2.05) is 0 Å². The van der Waals surface area contributed by atoms with Gasteiger partial charge >= 0.3 is 17.1 Å². The van der Waals surface area contributed by atoms with E-state index in [2.05, 4.69) is 41.5 Å². The summed E-state index contributed by atoms with van der Waals surface area (Å²) < 4.78 is 35.5. The van der Waals surface area contributed by atoms with Crippen molar-refractivity contribution in [2.24, 2.45) is 0 Å². The summed E-state index contributed by atoms with van der Waals surface area (Å²) in [6.07, 6.45) is 44.4. The molecule has 0 aromatic rings. The zero-order valence-corrected chi connectivity index (χ0v) is 43.6. The van der Waals surface area contributed by atoms with E-state index in [0.717, 1.165) is 77.0 Å². The van der Waals surface area contributed by atoms with Crippen LogP contribution in [0.3, 0.4) is 0 Å². The van der Waals surface area contributed by atoms with Crippen molar-refractivity contribution in [3.8, 4) is 0 Å². The van der Waals surface area contributed by atoms with Gasteiger partial charge in [-0.15, -0.1) is 0 Å². The van der Waals surface area contributed by atoms with E-state index in [1.165, 1.54) is 154 Å². The summed E-state index contributed by atoms with van der Waals surface area (Å²) in [6, 6.07) is 0. The maximum absolute atomic E-state index is 11.8. The maximum Gasteiger partial charge on any atom is 3.00 e. The number of hydrogen-bond acceptors (Lipinski definition) is 6. The molecule has 0 aliphatic heterocycles. The molecule has 0 unspecified atom stereocenters. The second kappa shape index (κ2) is 50.7. The van der Waals surface area contributed by atoms with E-state index < -0.39 is 22.1 Å². The van der Waals surface area contributed by atoms with Gasteiger partial charge in [0.05, 0.1) is 0 Å². The van der Waals surface area contributed by atoms with Crippen LogP contribution in [-0.4, -0.2) is 37.0 Å². The molecule has 353 valence electrons. The van der Waals surface area contributed by atoms with Crippen LogP contribution in [0.4, 0.5) is 0 Å². The van der Waals surface area contributed by atoms with Crippen molar-refractivity contribution in [1.82, 2.24) is 0 Å². The van der Waals surface area contributed by atoms with E-state index in [9.17, 15) is 28.4 Å². The van der Waals surface area contributed by atoms with Gasteiger partial charge in [0.25, 0.3) is 0 Å². The Kier molecular flexibility index (Phi) is 57.5. The van der Waals surface area contributed by atoms with Gasteiger partial charge in [-0.3, -0.25) is 0 Å². The maximum atomic E-state index is 11.8. The van der Waals surface area contributed by atoms with E-state index in [0.29, 0.717) is 37.0 Å². The molecule has 6 nitrogen and oxygen atoms in total. The van der Waals surface area contributed by atoms with Crippen LogP contribution in [0.25, 0.3) is 0 Å². The van der Waals surface area contributed by atoms with Crippen LogP contribution in [0.5, 0.6) is 0 Å². The molecule has 0 aromatic heterocycles. The van der Waals surface area contributed by atoms with Crippen LogP contribution in [0.15, 0.2) is 0 Å². The Labute approximate surface area is 375 Å². The Balaban J connectivity index is -0.000000374. The Morgan fingerprint density at radius 2 is 0.328 bits per heavy atom. The van der Waals surface area contributed by atoms with Crippen molar-refractivity contribution in [2.75, 3.05) is 37.0 Å². The minimum Gasteiger partial charge on any atom is -0.799 e. The average Bonchev–Trinajstić information content (AvgIpc) is 3.17. The van der Waals surface area contributed by atoms with Crippen LogP contribution in [0.1, 0.15) is 273 Å². The number of hydrogen-bond donors (Lipinski definition) is 0. The van der Waals surface area contributed by atoms with Crippen LogP contribution in [0.2, 0.25) is 0 Å². The predicted octanol–water partition coefficient (Wildman–Crippen LogP) is 16.0. The predicted molar refractivity (Wildman–Crippen MR) is 252 cm³/mol. The third kappa shape index (κ3) is 59.2. The van der Waals surface area contributed by atoms with Gasteiger partial charge in [-0.05, 0) is 75.5 Å². The Morgan fingerprint density at radius 1 is 0.224 bits per heavy atom. The molecule has 10 heteroatoms. The van der Waals surface area contributed by atoms with Crippen molar-refractivity contribution in [2.45, 2.75) is 273 Å². The zero-order chi connectivity index (χ0) is 43.2. The topological polar surface area (TPSA) is 120 Å². The molecular weight excluding hydrogens is 821 g/mol. The molecule has 0 fully saturated rings. The van der Waals surface area contributed by atoms with Crippen molar-refractivity contribution in [3.63, 3.8) is 0 Å². The Bertz CT molecular complexity index is 748. The van der Waals surface area contributed by atoms with Crippen molar-refractivity contribution in [3.05, 3.63) is 0 Å². The van der Waals surface area contributed by atoms with Crippen molar-refractivity contribution < 1.29 is 45.4 Å². The minimum absolute atomic E-state index is 0. The summed E-state index contributed by atoms with van der Waals surface area (Å²) in [5, 5.41) is 0. The molecule has 0 saturated heterocycles. The van der Waals surface area contributed by atoms with Crippen LogP contribution >= 0.6 is 22.1 Å². The Morgan fingerprint density at radius 3 is 0.448 bits per heavy atom. The second-order valence-corrected chi connectivity index (χ2v) is 25.0. The zero-order valence-electron chi connectivity index (χ0n) is 39.8. The van der Waals surface area contributed by atoms with Gasteiger partial charge in [-0.2, -0.15) is 0 Å².